The van der Waals surface area contributed by atoms with Crippen LogP contribution in [-0.2, 0) is 4.84 Å². The Kier molecular flexibility index (Phi) is 2.45. The number of hydrogen-bond donors (Lipinski definition) is 0. The number of nitrogens with zero attached hydrogens (tertiary/aromatic N) is 1. The van der Waals surface area contributed by atoms with E-state index in [-0.39, 0.29) is 6.10 Å². The molecule has 0 aliphatic heterocycles. The fourth-order valence-electron chi connectivity index (χ4n) is 1.20. The zero-order valence-corrected chi connectivity index (χ0v) is 5.67. The fraction of sp³-hybridized carbons (Fsp3) is 1.00. The predicted octanol–water partition coefficient (Wildman–Crippen LogP) is 1.29. The van der Waals surface area contributed by atoms with Crippen LogP contribution < -0.4 is 0 Å². The Balaban J connectivity index is 2.11. The summed E-state index contributed by atoms with van der Waals surface area (Å²) in [6.45, 7) is 0. The van der Waals surface area contributed by atoms with Crippen LogP contribution in [0.25, 0.3) is 0 Å². The Bertz CT molecular complexity index is 79.1. The second-order valence-electron chi connectivity index (χ2n) is 2.45. The fourth-order valence-corrected chi connectivity index (χ4v) is 1.20. The first-order valence-electron chi connectivity index (χ1n) is 3.36. The smallest absolute Gasteiger partial charge is 0.0781 e. The van der Waals surface area contributed by atoms with Crippen molar-refractivity contribution in [3.8, 4) is 0 Å². The Morgan fingerprint density at radius 1 is 1.44 bits per heavy atom. The van der Waals surface area contributed by atoms with Crippen molar-refractivity contribution in [1.29, 1.82) is 0 Å². The number of hydroxylamine groups is 2. The van der Waals surface area contributed by atoms with E-state index in [1.807, 2.05) is 0 Å². The quantitative estimate of drug-likeness (QED) is 0.528. The number of rotatable bonds is 2. The van der Waals surface area contributed by atoms with Gasteiger partial charge in [-0.15, -0.1) is 0 Å². The lowest BCUT2D eigenvalue weighted by Gasteiger charge is -2.25. The van der Waals surface area contributed by atoms with Crippen LogP contribution >= 0.6 is 0 Å². The SMILES string of the molecule is CN([O-])OC1CCCC1. The third-order valence-electron chi connectivity index (χ3n) is 1.60. The second kappa shape index (κ2) is 3.15. The van der Waals surface area contributed by atoms with E-state index in [9.17, 15) is 5.21 Å². The van der Waals surface area contributed by atoms with Gasteiger partial charge < -0.3 is 10.0 Å². The van der Waals surface area contributed by atoms with Crippen LogP contribution in [0.1, 0.15) is 25.7 Å². The van der Waals surface area contributed by atoms with Crippen molar-refractivity contribution in [2.24, 2.45) is 0 Å². The lowest BCUT2D eigenvalue weighted by molar-refractivity contribution is -0.144. The second-order valence-corrected chi connectivity index (χ2v) is 2.45. The molecular formula is C6H12NO2-. The van der Waals surface area contributed by atoms with Gasteiger partial charge in [0, 0.05) is 0 Å². The summed E-state index contributed by atoms with van der Waals surface area (Å²) >= 11 is 0. The van der Waals surface area contributed by atoms with Crippen LogP contribution in [0.5, 0.6) is 0 Å². The minimum absolute atomic E-state index is 0.201. The van der Waals surface area contributed by atoms with Crippen molar-refractivity contribution in [2.45, 2.75) is 31.8 Å². The summed E-state index contributed by atoms with van der Waals surface area (Å²) in [5.74, 6) is 0. The largest absolute Gasteiger partial charge is 0.762 e. The summed E-state index contributed by atoms with van der Waals surface area (Å²) in [4.78, 5) is 4.89. The molecule has 0 heterocycles. The van der Waals surface area contributed by atoms with Crippen molar-refractivity contribution in [2.75, 3.05) is 7.05 Å². The molecule has 0 bridgehead atoms. The van der Waals surface area contributed by atoms with E-state index in [1.165, 1.54) is 19.9 Å². The van der Waals surface area contributed by atoms with Crippen LogP contribution in [0.15, 0.2) is 0 Å². The van der Waals surface area contributed by atoms with Gasteiger partial charge in [0.15, 0.2) is 0 Å². The van der Waals surface area contributed by atoms with Crippen molar-refractivity contribution in [1.82, 2.24) is 5.23 Å². The molecule has 0 aromatic heterocycles. The molecule has 3 nitrogen and oxygen atoms in total. The van der Waals surface area contributed by atoms with Gasteiger partial charge in [0.05, 0.1) is 6.10 Å². The summed E-state index contributed by atoms with van der Waals surface area (Å²) in [5.41, 5.74) is 0. The highest BCUT2D eigenvalue weighted by atomic mass is 16.9. The van der Waals surface area contributed by atoms with Gasteiger partial charge in [-0.2, -0.15) is 0 Å². The highest BCUT2D eigenvalue weighted by Gasteiger charge is 2.14. The molecule has 0 saturated heterocycles. The summed E-state index contributed by atoms with van der Waals surface area (Å²) in [7, 11) is 1.39. The molecule has 1 aliphatic carbocycles. The molecule has 0 radical (unpaired) electrons. The van der Waals surface area contributed by atoms with E-state index in [0.29, 0.717) is 5.23 Å². The standard InChI is InChI=1S/C6H12NO2/c1-7(8)9-6-4-2-3-5-6/h6H,2-5H2,1H3/q-1. The maximum absolute atomic E-state index is 10.3. The summed E-state index contributed by atoms with van der Waals surface area (Å²) in [5, 5.41) is 10.8. The molecule has 0 amide bonds. The molecule has 0 aromatic carbocycles. The van der Waals surface area contributed by atoms with Gasteiger partial charge in [-0.3, -0.25) is 5.23 Å². The third-order valence-corrected chi connectivity index (χ3v) is 1.60. The van der Waals surface area contributed by atoms with Crippen LogP contribution in [0.2, 0.25) is 0 Å². The zero-order valence-electron chi connectivity index (χ0n) is 5.67. The molecular weight excluding hydrogens is 118 g/mol. The molecule has 0 atom stereocenters. The first kappa shape index (κ1) is 6.99. The molecule has 9 heavy (non-hydrogen) atoms. The monoisotopic (exact) mass is 130 g/mol. The first-order chi connectivity index (χ1) is 4.29. The number of hydrogen-bond acceptors (Lipinski definition) is 3. The summed E-state index contributed by atoms with van der Waals surface area (Å²) < 4.78 is 0. The molecule has 1 aliphatic rings. The highest BCUT2D eigenvalue weighted by molar-refractivity contribution is 4.65. The van der Waals surface area contributed by atoms with E-state index < -0.39 is 0 Å². The lowest BCUT2D eigenvalue weighted by Crippen LogP contribution is -2.18. The normalized spacial score (nSPS) is 21.7. The molecule has 0 aromatic rings. The minimum atomic E-state index is 0.201. The van der Waals surface area contributed by atoms with Crippen molar-refractivity contribution >= 4 is 0 Å². The first-order valence-corrected chi connectivity index (χ1v) is 3.36. The van der Waals surface area contributed by atoms with Crippen molar-refractivity contribution in [3.63, 3.8) is 0 Å². The summed E-state index contributed by atoms with van der Waals surface area (Å²) in [6, 6.07) is 0. The molecule has 1 saturated carbocycles. The minimum Gasteiger partial charge on any atom is -0.762 e. The van der Waals surface area contributed by atoms with Gasteiger partial charge in [-0.1, -0.05) is 12.8 Å². The zero-order chi connectivity index (χ0) is 6.69. The average molecular weight is 130 g/mol. The average Bonchev–Trinajstić information content (AvgIpc) is 2.15. The molecule has 3 heteroatoms. The third kappa shape index (κ3) is 2.30. The molecule has 1 fully saturated rings. The van der Waals surface area contributed by atoms with E-state index in [1.54, 1.807) is 0 Å². The van der Waals surface area contributed by atoms with Gasteiger partial charge >= 0.3 is 0 Å². The van der Waals surface area contributed by atoms with E-state index in [4.69, 9.17) is 4.84 Å². The van der Waals surface area contributed by atoms with Gasteiger partial charge in [-0.25, -0.2) is 0 Å². The van der Waals surface area contributed by atoms with Crippen LogP contribution in [0.4, 0.5) is 0 Å². The van der Waals surface area contributed by atoms with Crippen molar-refractivity contribution in [3.05, 3.63) is 5.21 Å². The molecule has 0 N–H and O–H groups in total. The van der Waals surface area contributed by atoms with Crippen LogP contribution in [0.3, 0.4) is 0 Å². The molecule has 1 rings (SSSR count). The van der Waals surface area contributed by atoms with Gasteiger partial charge in [0.1, 0.15) is 0 Å². The molecule has 0 unspecified atom stereocenters. The van der Waals surface area contributed by atoms with Crippen molar-refractivity contribution < 1.29 is 4.84 Å². The maximum Gasteiger partial charge on any atom is 0.0781 e. The van der Waals surface area contributed by atoms with E-state index >= 15 is 0 Å². The summed E-state index contributed by atoms with van der Waals surface area (Å²) in [6.07, 6.45) is 4.71. The highest BCUT2D eigenvalue weighted by Crippen LogP contribution is 2.20. The molecule has 0 spiro atoms. The maximum atomic E-state index is 10.3. The lowest BCUT2D eigenvalue weighted by atomic mass is 10.3. The predicted molar refractivity (Wildman–Crippen MR) is 34.5 cm³/mol. The Hall–Kier alpha value is -0.120. The van der Waals surface area contributed by atoms with Gasteiger partial charge in [0.2, 0.25) is 0 Å². The Morgan fingerprint density at radius 2 is 2.00 bits per heavy atom. The molecule has 54 valence electrons. The van der Waals surface area contributed by atoms with Gasteiger partial charge in [0.25, 0.3) is 0 Å². The van der Waals surface area contributed by atoms with Crippen LogP contribution in [0, 0.1) is 5.21 Å². The van der Waals surface area contributed by atoms with Crippen LogP contribution in [-0.4, -0.2) is 18.4 Å². The topological polar surface area (TPSA) is 35.5 Å². The Morgan fingerprint density at radius 3 is 2.44 bits per heavy atom. The van der Waals surface area contributed by atoms with Gasteiger partial charge in [-0.05, 0) is 19.9 Å². The Labute approximate surface area is 55.1 Å². The van der Waals surface area contributed by atoms with E-state index in [0.717, 1.165) is 12.8 Å². The van der Waals surface area contributed by atoms with E-state index in [2.05, 4.69) is 0 Å².